The lowest BCUT2D eigenvalue weighted by Crippen LogP contribution is -2.42. The fourth-order valence-corrected chi connectivity index (χ4v) is 3.91. The first kappa shape index (κ1) is 16.9. The molecule has 26 heavy (non-hydrogen) atoms. The lowest BCUT2D eigenvalue weighted by Gasteiger charge is -2.37. The van der Waals surface area contributed by atoms with E-state index in [1.54, 1.807) is 6.20 Å². The maximum Gasteiger partial charge on any atom is 0.340 e. The van der Waals surface area contributed by atoms with E-state index >= 15 is 0 Å². The lowest BCUT2D eigenvalue weighted by atomic mass is 9.93. The van der Waals surface area contributed by atoms with Crippen LogP contribution in [0.5, 0.6) is 0 Å². The summed E-state index contributed by atoms with van der Waals surface area (Å²) in [6.45, 7) is 1.04. The van der Waals surface area contributed by atoms with Crippen LogP contribution < -0.4 is 0 Å². The third-order valence-corrected chi connectivity index (χ3v) is 5.35. The summed E-state index contributed by atoms with van der Waals surface area (Å²) in [4.78, 5) is 18.5. The van der Waals surface area contributed by atoms with E-state index in [1.807, 2.05) is 42.5 Å². The van der Waals surface area contributed by atoms with Crippen LogP contribution in [0.2, 0.25) is 0 Å². The number of aromatic amines is 1. The second kappa shape index (κ2) is 7.34. The number of rotatable bonds is 4. The van der Waals surface area contributed by atoms with E-state index < -0.39 is 0 Å². The van der Waals surface area contributed by atoms with E-state index in [-0.39, 0.29) is 18.1 Å². The second-order valence-electron chi connectivity index (χ2n) is 7.03. The van der Waals surface area contributed by atoms with Gasteiger partial charge in [0.05, 0.1) is 11.6 Å². The number of ether oxygens (including phenoxy) is 1. The van der Waals surface area contributed by atoms with Crippen molar-refractivity contribution in [2.24, 2.45) is 0 Å². The van der Waals surface area contributed by atoms with Crippen LogP contribution in [-0.2, 0) is 4.74 Å². The molecule has 4 rings (SSSR count). The molecular formula is C22H24N2O2. The summed E-state index contributed by atoms with van der Waals surface area (Å²) < 4.78 is 6.10. The SMILES string of the molecule is CN1CCCCC1C(OC(=O)c1c[nH]c2ccccc12)c1ccccc1. The highest BCUT2D eigenvalue weighted by Gasteiger charge is 2.32. The molecule has 2 atom stereocenters. The molecule has 4 nitrogen and oxygen atoms in total. The Bertz CT molecular complexity index is 887. The largest absolute Gasteiger partial charge is 0.452 e. The molecule has 1 aliphatic heterocycles. The molecule has 0 bridgehead atoms. The molecule has 0 aliphatic carbocycles. The van der Waals surface area contributed by atoms with E-state index in [2.05, 4.69) is 29.1 Å². The van der Waals surface area contributed by atoms with Crippen LogP contribution in [0.3, 0.4) is 0 Å². The summed E-state index contributed by atoms with van der Waals surface area (Å²) in [5.41, 5.74) is 2.60. The van der Waals surface area contributed by atoms with Crippen molar-refractivity contribution in [1.82, 2.24) is 9.88 Å². The fraction of sp³-hybridized carbons (Fsp3) is 0.318. The highest BCUT2D eigenvalue weighted by molar-refractivity contribution is 6.04. The number of H-pyrrole nitrogens is 1. The molecule has 1 aliphatic rings. The number of hydrogen-bond donors (Lipinski definition) is 1. The van der Waals surface area contributed by atoms with Crippen molar-refractivity contribution < 1.29 is 9.53 Å². The molecule has 3 aromatic rings. The van der Waals surface area contributed by atoms with Gasteiger partial charge in [0.15, 0.2) is 0 Å². The maximum atomic E-state index is 13.0. The van der Waals surface area contributed by atoms with Crippen molar-refractivity contribution in [3.05, 3.63) is 71.9 Å². The van der Waals surface area contributed by atoms with E-state index in [1.165, 1.54) is 12.8 Å². The number of hydrogen-bond acceptors (Lipinski definition) is 3. The molecule has 0 radical (unpaired) electrons. The van der Waals surface area contributed by atoms with Gasteiger partial charge >= 0.3 is 5.97 Å². The molecule has 1 aromatic heterocycles. The highest BCUT2D eigenvalue weighted by atomic mass is 16.5. The first-order valence-electron chi connectivity index (χ1n) is 9.26. The van der Waals surface area contributed by atoms with Gasteiger partial charge in [-0.2, -0.15) is 0 Å². The Balaban J connectivity index is 1.65. The Kier molecular flexibility index (Phi) is 4.76. The average molecular weight is 348 g/mol. The standard InChI is InChI=1S/C22H24N2O2/c1-24-14-8-7-13-20(24)21(16-9-3-2-4-10-16)26-22(25)18-15-23-19-12-6-5-11-17(18)19/h2-6,9-12,15,20-21,23H,7-8,13-14H2,1H3. The Morgan fingerprint density at radius 3 is 2.69 bits per heavy atom. The van der Waals surface area contributed by atoms with Gasteiger partial charge in [-0.1, -0.05) is 55.0 Å². The Hall–Kier alpha value is -2.59. The summed E-state index contributed by atoms with van der Waals surface area (Å²) in [6.07, 6.45) is 4.90. The number of aromatic nitrogens is 1. The van der Waals surface area contributed by atoms with Crippen LogP contribution in [0.25, 0.3) is 10.9 Å². The number of likely N-dealkylation sites (tertiary alicyclic amines) is 1. The molecule has 1 fully saturated rings. The molecule has 2 heterocycles. The van der Waals surface area contributed by atoms with Crippen LogP contribution in [-0.4, -0.2) is 35.5 Å². The minimum Gasteiger partial charge on any atom is -0.452 e. The van der Waals surface area contributed by atoms with Gasteiger partial charge in [-0.25, -0.2) is 4.79 Å². The molecule has 0 spiro atoms. The Morgan fingerprint density at radius 2 is 1.88 bits per heavy atom. The maximum absolute atomic E-state index is 13.0. The predicted octanol–water partition coefficient (Wildman–Crippen LogP) is 4.55. The predicted molar refractivity (Wildman–Crippen MR) is 103 cm³/mol. The van der Waals surface area contributed by atoms with Crippen LogP contribution in [0.15, 0.2) is 60.8 Å². The van der Waals surface area contributed by atoms with Gasteiger partial charge in [-0.05, 0) is 38.1 Å². The lowest BCUT2D eigenvalue weighted by molar-refractivity contribution is -0.00681. The quantitative estimate of drug-likeness (QED) is 0.704. The van der Waals surface area contributed by atoms with Gasteiger partial charge in [0.2, 0.25) is 0 Å². The van der Waals surface area contributed by atoms with Gasteiger partial charge in [0.25, 0.3) is 0 Å². The van der Waals surface area contributed by atoms with Crippen LogP contribution in [0.1, 0.15) is 41.3 Å². The Morgan fingerprint density at radius 1 is 1.12 bits per heavy atom. The fourth-order valence-electron chi connectivity index (χ4n) is 3.91. The van der Waals surface area contributed by atoms with Gasteiger partial charge in [-0.15, -0.1) is 0 Å². The van der Waals surface area contributed by atoms with Crippen molar-refractivity contribution in [2.75, 3.05) is 13.6 Å². The third kappa shape index (κ3) is 3.25. The molecule has 0 saturated carbocycles. The van der Waals surface area contributed by atoms with E-state index in [0.717, 1.165) is 29.4 Å². The van der Waals surface area contributed by atoms with Crippen LogP contribution >= 0.6 is 0 Å². The molecule has 4 heteroatoms. The molecule has 0 amide bonds. The minimum absolute atomic E-state index is 0.209. The zero-order chi connectivity index (χ0) is 17.9. The van der Waals surface area contributed by atoms with Gasteiger partial charge in [0.1, 0.15) is 6.10 Å². The van der Waals surface area contributed by atoms with Gasteiger partial charge < -0.3 is 9.72 Å². The number of piperidine rings is 1. The third-order valence-electron chi connectivity index (χ3n) is 5.35. The van der Waals surface area contributed by atoms with Crippen molar-refractivity contribution in [3.63, 3.8) is 0 Å². The van der Waals surface area contributed by atoms with Gasteiger partial charge in [-0.3, -0.25) is 4.90 Å². The summed E-state index contributed by atoms with van der Waals surface area (Å²) in [6, 6.07) is 18.1. The van der Waals surface area contributed by atoms with E-state index in [4.69, 9.17) is 4.74 Å². The smallest absolute Gasteiger partial charge is 0.340 e. The number of carbonyl (C=O) groups excluding carboxylic acids is 1. The summed E-state index contributed by atoms with van der Waals surface area (Å²) in [5, 5.41) is 0.904. The zero-order valence-corrected chi connectivity index (χ0v) is 15.0. The highest BCUT2D eigenvalue weighted by Crippen LogP contribution is 2.32. The molecule has 2 unspecified atom stereocenters. The minimum atomic E-state index is -0.268. The van der Waals surface area contributed by atoms with Gasteiger partial charge in [0, 0.05) is 17.1 Å². The number of nitrogens with zero attached hydrogens (tertiary/aromatic N) is 1. The first-order chi connectivity index (χ1) is 12.7. The number of fused-ring (bicyclic) bond motifs is 1. The molecular weight excluding hydrogens is 324 g/mol. The number of likely N-dealkylation sites (N-methyl/N-ethyl adjacent to an activating group) is 1. The van der Waals surface area contributed by atoms with Crippen LogP contribution in [0, 0.1) is 0 Å². The normalized spacial score (nSPS) is 19.3. The zero-order valence-electron chi connectivity index (χ0n) is 15.0. The number of nitrogens with one attached hydrogen (secondary N) is 1. The monoisotopic (exact) mass is 348 g/mol. The average Bonchev–Trinajstić information content (AvgIpc) is 3.12. The molecule has 2 aromatic carbocycles. The summed E-state index contributed by atoms with van der Waals surface area (Å²) in [7, 11) is 2.12. The summed E-state index contributed by atoms with van der Waals surface area (Å²) >= 11 is 0. The second-order valence-corrected chi connectivity index (χ2v) is 7.03. The topological polar surface area (TPSA) is 45.3 Å². The number of benzene rings is 2. The van der Waals surface area contributed by atoms with Crippen LogP contribution in [0.4, 0.5) is 0 Å². The van der Waals surface area contributed by atoms with Crippen molar-refractivity contribution >= 4 is 16.9 Å². The van der Waals surface area contributed by atoms with E-state index in [9.17, 15) is 4.79 Å². The van der Waals surface area contributed by atoms with Crippen molar-refractivity contribution in [1.29, 1.82) is 0 Å². The molecule has 134 valence electrons. The Labute approximate surface area is 153 Å². The molecule has 1 N–H and O–H groups in total. The molecule has 1 saturated heterocycles. The van der Waals surface area contributed by atoms with Crippen molar-refractivity contribution in [2.45, 2.75) is 31.4 Å². The number of para-hydroxylation sites is 1. The van der Waals surface area contributed by atoms with Crippen molar-refractivity contribution in [3.8, 4) is 0 Å². The summed E-state index contributed by atoms with van der Waals surface area (Å²) in [5.74, 6) is -0.268. The number of carbonyl (C=O) groups is 1. The first-order valence-corrected chi connectivity index (χ1v) is 9.26. The van der Waals surface area contributed by atoms with E-state index in [0.29, 0.717) is 5.56 Å². The number of esters is 1.